The Morgan fingerprint density at radius 1 is 1.30 bits per heavy atom. The van der Waals surface area contributed by atoms with Gasteiger partial charge in [-0.3, -0.25) is 0 Å². The summed E-state index contributed by atoms with van der Waals surface area (Å²) in [4.78, 5) is 11.6. The molecule has 0 aliphatic heterocycles. The van der Waals surface area contributed by atoms with Crippen molar-refractivity contribution in [2.24, 2.45) is 0 Å². The van der Waals surface area contributed by atoms with Crippen LogP contribution in [0.25, 0.3) is 0 Å². The van der Waals surface area contributed by atoms with Crippen LogP contribution in [0.5, 0.6) is 0 Å². The molecule has 1 aromatic carbocycles. The molecule has 0 heterocycles. The molecule has 1 N–H and O–H groups in total. The Kier molecular flexibility index (Phi) is 6.12. The first-order chi connectivity index (χ1) is 9.40. The number of nitrogens with one attached hydrogen (secondary N) is 1. The van der Waals surface area contributed by atoms with Crippen LogP contribution in [0.15, 0.2) is 29.2 Å². The fourth-order valence-corrected chi connectivity index (χ4v) is 2.83. The third kappa shape index (κ3) is 4.59. The molecule has 0 fully saturated rings. The van der Waals surface area contributed by atoms with Gasteiger partial charge in [0.2, 0.25) is 10.0 Å². The highest BCUT2D eigenvalue weighted by Crippen LogP contribution is 2.12. The van der Waals surface area contributed by atoms with E-state index < -0.39 is 16.0 Å². The lowest BCUT2D eigenvalue weighted by molar-refractivity contribution is 0.0526. The fraction of sp³-hybridized carbons (Fsp3) is 0.462. The molecule has 0 aliphatic carbocycles. The Balaban J connectivity index is 2.84. The molecule has 0 spiro atoms. The lowest BCUT2D eigenvalue weighted by atomic mass is 10.2. The number of carbonyl (C=O) groups is 1. The van der Waals surface area contributed by atoms with Gasteiger partial charge in [0, 0.05) is 13.2 Å². The van der Waals surface area contributed by atoms with Gasteiger partial charge in [0.25, 0.3) is 0 Å². The van der Waals surface area contributed by atoms with E-state index in [0.29, 0.717) is 5.56 Å². The molecule has 6 nitrogen and oxygen atoms in total. The van der Waals surface area contributed by atoms with Crippen molar-refractivity contribution in [3.63, 3.8) is 0 Å². The zero-order valence-electron chi connectivity index (χ0n) is 11.8. The Morgan fingerprint density at radius 3 is 2.40 bits per heavy atom. The molecule has 0 bridgehead atoms. The zero-order chi connectivity index (χ0) is 15.2. The Labute approximate surface area is 119 Å². The predicted octanol–water partition coefficient (Wildman–Crippen LogP) is 1.18. The van der Waals surface area contributed by atoms with E-state index in [1.807, 2.05) is 0 Å². The van der Waals surface area contributed by atoms with Crippen LogP contribution in [-0.4, -0.2) is 40.8 Å². The van der Waals surface area contributed by atoms with E-state index in [2.05, 4.69) is 4.72 Å². The van der Waals surface area contributed by atoms with Crippen LogP contribution in [0.3, 0.4) is 0 Å². The van der Waals surface area contributed by atoms with Crippen LogP contribution in [-0.2, 0) is 19.5 Å². The van der Waals surface area contributed by atoms with E-state index in [9.17, 15) is 13.2 Å². The van der Waals surface area contributed by atoms with Crippen molar-refractivity contribution in [3.05, 3.63) is 29.8 Å². The first-order valence-corrected chi connectivity index (χ1v) is 7.67. The minimum Gasteiger partial charge on any atom is -0.462 e. The summed E-state index contributed by atoms with van der Waals surface area (Å²) in [5, 5.41) is 0. The van der Waals surface area contributed by atoms with Gasteiger partial charge in [-0.15, -0.1) is 0 Å². The monoisotopic (exact) mass is 301 g/mol. The lowest BCUT2D eigenvalue weighted by Crippen LogP contribution is -2.35. The van der Waals surface area contributed by atoms with Crippen molar-refractivity contribution < 1.29 is 22.7 Å². The summed E-state index contributed by atoms with van der Waals surface area (Å²) in [5.41, 5.74) is 0.315. The molecule has 112 valence electrons. The minimum absolute atomic E-state index is 0.0912. The Hall–Kier alpha value is -1.44. The van der Waals surface area contributed by atoms with Crippen molar-refractivity contribution in [3.8, 4) is 0 Å². The van der Waals surface area contributed by atoms with Gasteiger partial charge in [0.05, 0.1) is 23.7 Å². The average Bonchev–Trinajstić information content (AvgIpc) is 2.39. The number of benzene rings is 1. The van der Waals surface area contributed by atoms with Crippen LogP contribution < -0.4 is 4.72 Å². The van der Waals surface area contributed by atoms with Crippen molar-refractivity contribution in [1.29, 1.82) is 0 Å². The fourth-order valence-electron chi connectivity index (χ4n) is 1.60. The second-order valence-electron chi connectivity index (χ2n) is 4.22. The zero-order valence-corrected chi connectivity index (χ0v) is 12.6. The summed E-state index contributed by atoms with van der Waals surface area (Å²) >= 11 is 0. The number of hydrogen-bond donors (Lipinski definition) is 1. The number of carbonyl (C=O) groups excluding carboxylic acids is 1. The number of sulfonamides is 1. The number of esters is 1. The maximum absolute atomic E-state index is 12.0. The summed E-state index contributed by atoms with van der Waals surface area (Å²) in [6.45, 7) is 3.96. The first kappa shape index (κ1) is 16.6. The van der Waals surface area contributed by atoms with E-state index >= 15 is 0 Å². The van der Waals surface area contributed by atoms with E-state index in [0.717, 1.165) is 0 Å². The summed E-state index contributed by atoms with van der Waals surface area (Å²) in [5.74, 6) is -0.475. The molecular weight excluding hydrogens is 282 g/mol. The summed E-state index contributed by atoms with van der Waals surface area (Å²) in [6, 6.07) is 5.25. The highest BCUT2D eigenvalue weighted by Gasteiger charge is 2.18. The molecule has 20 heavy (non-hydrogen) atoms. The van der Waals surface area contributed by atoms with Gasteiger partial charge in [-0.05, 0) is 38.1 Å². The summed E-state index contributed by atoms with van der Waals surface area (Å²) in [6.07, 6.45) is 0. The van der Waals surface area contributed by atoms with Gasteiger partial charge in [-0.1, -0.05) is 0 Å². The largest absolute Gasteiger partial charge is 0.462 e. The Morgan fingerprint density at radius 2 is 1.90 bits per heavy atom. The standard InChI is InChI=1S/C13H19NO5S/c1-4-19-13(15)11-5-7-12(8-6-11)20(16,17)14-10(2)9-18-3/h5-8,10,14H,4,9H2,1-3H3/t10-/m0/s1. The maximum Gasteiger partial charge on any atom is 0.338 e. The number of hydrogen-bond acceptors (Lipinski definition) is 5. The number of ether oxygens (including phenoxy) is 2. The molecule has 1 aromatic rings. The van der Waals surface area contributed by atoms with Crippen LogP contribution >= 0.6 is 0 Å². The molecule has 0 amide bonds. The van der Waals surface area contributed by atoms with Crippen molar-refractivity contribution in [1.82, 2.24) is 4.72 Å². The number of rotatable bonds is 7. The molecule has 0 aromatic heterocycles. The highest BCUT2D eigenvalue weighted by molar-refractivity contribution is 7.89. The van der Waals surface area contributed by atoms with Gasteiger partial charge < -0.3 is 9.47 Å². The van der Waals surface area contributed by atoms with E-state index in [-0.39, 0.29) is 24.2 Å². The lowest BCUT2D eigenvalue weighted by Gasteiger charge is -2.13. The smallest absolute Gasteiger partial charge is 0.338 e. The van der Waals surface area contributed by atoms with Crippen LogP contribution in [0, 0.1) is 0 Å². The molecule has 0 unspecified atom stereocenters. The molecule has 0 saturated carbocycles. The third-order valence-electron chi connectivity index (χ3n) is 2.45. The normalized spacial score (nSPS) is 12.9. The van der Waals surface area contributed by atoms with Gasteiger partial charge in [0.1, 0.15) is 0 Å². The summed E-state index contributed by atoms with van der Waals surface area (Å²) in [7, 11) is -2.12. The highest BCUT2D eigenvalue weighted by atomic mass is 32.2. The molecule has 0 saturated heterocycles. The second-order valence-corrected chi connectivity index (χ2v) is 5.94. The van der Waals surface area contributed by atoms with Gasteiger partial charge in [-0.25, -0.2) is 17.9 Å². The van der Waals surface area contributed by atoms with Crippen LogP contribution in [0.2, 0.25) is 0 Å². The summed E-state index contributed by atoms with van der Waals surface area (Å²) < 4.78 is 36.3. The predicted molar refractivity (Wildman–Crippen MR) is 74.1 cm³/mol. The third-order valence-corrected chi connectivity index (χ3v) is 4.05. The van der Waals surface area contributed by atoms with Crippen molar-refractivity contribution >= 4 is 16.0 Å². The van der Waals surface area contributed by atoms with Gasteiger partial charge in [0.15, 0.2) is 0 Å². The topological polar surface area (TPSA) is 81.7 Å². The van der Waals surface area contributed by atoms with Crippen LogP contribution in [0.1, 0.15) is 24.2 Å². The second kappa shape index (κ2) is 7.37. The van der Waals surface area contributed by atoms with Crippen LogP contribution in [0.4, 0.5) is 0 Å². The van der Waals surface area contributed by atoms with E-state index in [1.165, 1.54) is 31.4 Å². The minimum atomic E-state index is -3.62. The van der Waals surface area contributed by atoms with Crippen molar-refractivity contribution in [2.75, 3.05) is 20.3 Å². The first-order valence-electron chi connectivity index (χ1n) is 6.19. The van der Waals surface area contributed by atoms with Gasteiger partial charge in [-0.2, -0.15) is 0 Å². The van der Waals surface area contributed by atoms with Crippen molar-refractivity contribution in [2.45, 2.75) is 24.8 Å². The molecule has 7 heteroatoms. The molecule has 1 rings (SSSR count). The van der Waals surface area contributed by atoms with Gasteiger partial charge >= 0.3 is 5.97 Å². The van der Waals surface area contributed by atoms with E-state index in [4.69, 9.17) is 9.47 Å². The SMILES string of the molecule is CCOC(=O)c1ccc(S(=O)(=O)N[C@@H](C)COC)cc1. The Bertz CT molecular complexity index is 538. The average molecular weight is 301 g/mol. The maximum atomic E-state index is 12.0. The molecule has 0 aliphatic rings. The number of methoxy groups -OCH3 is 1. The van der Waals surface area contributed by atoms with E-state index in [1.54, 1.807) is 13.8 Å². The molecule has 1 atom stereocenters. The molecular formula is C13H19NO5S. The molecule has 0 radical (unpaired) electrons. The quantitative estimate of drug-likeness (QED) is 0.765.